The number of carbonyl (C=O) groups excluding carboxylic acids is 1. The minimum Gasteiger partial charge on any atom is -0.399 e. The molecule has 104 valence electrons. The molecule has 6 heteroatoms. The zero-order valence-corrected chi connectivity index (χ0v) is 12.6. The number of rotatable bonds is 3. The minimum absolute atomic E-state index is 0.183. The zero-order valence-electron chi connectivity index (χ0n) is 10.3. The molecule has 0 heterocycles. The van der Waals surface area contributed by atoms with Crippen LogP contribution in [0.15, 0.2) is 40.9 Å². The molecule has 0 radical (unpaired) electrons. The molecule has 0 unspecified atom stereocenters. The molecule has 20 heavy (non-hydrogen) atoms. The van der Waals surface area contributed by atoms with Crippen molar-refractivity contribution in [3.63, 3.8) is 0 Å². The molecule has 1 amide bonds. The quantitative estimate of drug-likeness (QED) is 0.822. The van der Waals surface area contributed by atoms with E-state index in [9.17, 15) is 9.18 Å². The normalized spacial score (nSPS) is 10.3. The Morgan fingerprint density at radius 3 is 2.80 bits per heavy atom. The number of nitrogens with one attached hydrogen (secondary N) is 1. The van der Waals surface area contributed by atoms with Gasteiger partial charge in [0.2, 0.25) is 0 Å². The van der Waals surface area contributed by atoms with Gasteiger partial charge in [-0.1, -0.05) is 27.5 Å². The third-order valence-corrected chi connectivity index (χ3v) is 3.79. The van der Waals surface area contributed by atoms with Gasteiger partial charge in [0, 0.05) is 16.7 Å². The first-order valence-corrected chi connectivity index (χ1v) is 6.91. The predicted molar refractivity (Wildman–Crippen MR) is 81.1 cm³/mol. The van der Waals surface area contributed by atoms with Crippen LogP contribution in [0.3, 0.4) is 0 Å². The standard InChI is InChI=1S/C14H11BrClFN2O/c15-12-3-1-9(17)5-8(12)7-19-14(20)11-6-10(18)2-4-13(11)16/h1-6H,7,18H2,(H,19,20). The van der Waals surface area contributed by atoms with E-state index in [-0.39, 0.29) is 18.3 Å². The van der Waals surface area contributed by atoms with Crippen LogP contribution in [0.5, 0.6) is 0 Å². The van der Waals surface area contributed by atoms with Crippen LogP contribution in [-0.2, 0) is 6.54 Å². The Hall–Kier alpha value is -1.59. The molecule has 0 aromatic heterocycles. The summed E-state index contributed by atoms with van der Waals surface area (Å²) < 4.78 is 13.9. The van der Waals surface area contributed by atoms with Gasteiger partial charge >= 0.3 is 0 Å². The lowest BCUT2D eigenvalue weighted by Crippen LogP contribution is -2.23. The molecule has 0 aliphatic carbocycles. The average Bonchev–Trinajstić information content (AvgIpc) is 2.42. The van der Waals surface area contributed by atoms with E-state index in [1.54, 1.807) is 18.2 Å². The Morgan fingerprint density at radius 1 is 1.30 bits per heavy atom. The first-order chi connectivity index (χ1) is 9.47. The molecule has 0 fully saturated rings. The van der Waals surface area contributed by atoms with E-state index < -0.39 is 0 Å². The van der Waals surface area contributed by atoms with Crippen molar-refractivity contribution in [2.45, 2.75) is 6.54 Å². The maximum Gasteiger partial charge on any atom is 0.253 e. The molecule has 3 nitrogen and oxygen atoms in total. The second kappa shape index (κ2) is 6.24. The molecule has 2 aromatic rings. The highest BCUT2D eigenvalue weighted by Crippen LogP contribution is 2.20. The van der Waals surface area contributed by atoms with Gasteiger partial charge in [-0.3, -0.25) is 4.79 Å². The molecule has 0 saturated carbocycles. The van der Waals surface area contributed by atoms with E-state index in [4.69, 9.17) is 17.3 Å². The van der Waals surface area contributed by atoms with Gasteiger partial charge in [0.1, 0.15) is 5.82 Å². The first kappa shape index (κ1) is 14.8. The van der Waals surface area contributed by atoms with E-state index in [1.165, 1.54) is 18.2 Å². The van der Waals surface area contributed by atoms with Gasteiger partial charge in [0.05, 0.1) is 10.6 Å². The maximum atomic E-state index is 13.1. The summed E-state index contributed by atoms with van der Waals surface area (Å²) in [6.07, 6.45) is 0. The van der Waals surface area contributed by atoms with Crippen LogP contribution in [0.1, 0.15) is 15.9 Å². The maximum absolute atomic E-state index is 13.1. The zero-order chi connectivity index (χ0) is 14.7. The Kier molecular flexibility index (Phi) is 4.62. The van der Waals surface area contributed by atoms with E-state index in [0.717, 1.165) is 4.47 Å². The molecule has 0 atom stereocenters. The molecule has 2 aromatic carbocycles. The highest BCUT2D eigenvalue weighted by molar-refractivity contribution is 9.10. The molecular weight excluding hydrogens is 347 g/mol. The number of nitrogens with two attached hydrogens (primary N) is 1. The molecule has 2 rings (SSSR count). The van der Waals surface area contributed by atoms with Crippen LogP contribution in [0.2, 0.25) is 5.02 Å². The van der Waals surface area contributed by atoms with Crippen LogP contribution >= 0.6 is 27.5 Å². The number of carbonyl (C=O) groups is 1. The topological polar surface area (TPSA) is 55.1 Å². The van der Waals surface area contributed by atoms with E-state index in [0.29, 0.717) is 21.8 Å². The second-order valence-corrected chi connectivity index (χ2v) is 5.42. The lowest BCUT2D eigenvalue weighted by Gasteiger charge is -2.09. The lowest BCUT2D eigenvalue weighted by atomic mass is 10.1. The number of benzene rings is 2. The van der Waals surface area contributed by atoms with Crippen molar-refractivity contribution < 1.29 is 9.18 Å². The molecule has 0 aliphatic rings. The summed E-state index contributed by atoms with van der Waals surface area (Å²) >= 11 is 9.24. The summed E-state index contributed by atoms with van der Waals surface area (Å²) in [4.78, 5) is 12.0. The van der Waals surface area contributed by atoms with E-state index in [2.05, 4.69) is 21.2 Å². The Bertz CT molecular complexity index is 664. The van der Waals surface area contributed by atoms with Crippen molar-refractivity contribution in [3.8, 4) is 0 Å². The SMILES string of the molecule is Nc1ccc(Cl)c(C(=O)NCc2cc(F)ccc2Br)c1. The number of amides is 1. The van der Waals surface area contributed by atoms with Crippen LogP contribution in [0.4, 0.5) is 10.1 Å². The smallest absolute Gasteiger partial charge is 0.253 e. The van der Waals surface area contributed by atoms with Gasteiger partial charge in [0.15, 0.2) is 0 Å². The summed E-state index contributed by atoms with van der Waals surface area (Å²) in [5, 5.41) is 2.99. The van der Waals surface area contributed by atoms with Crippen LogP contribution < -0.4 is 11.1 Å². The van der Waals surface area contributed by atoms with Gasteiger partial charge < -0.3 is 11.1 Å². The summed E-state index contributed by atoms with van der Waals surface area (Å²) in [5.41, 5.74) is 7.00. The number of nitrogen functional groups attached to an aromatic ring is 1. The van der Waals surface area contributed by atoms with Crippen LogP contribution in [0, 0.1) is 5.82 Å². The van der Waals surface area contributed by atoms with Crippen LogP contribution in [0.25, 0.3) is 0 Å². The number of anilines is 1. The highest BCUT2D eigenvalue weighted by Gasteiger charge is 2.11. The summed E-state index contributed by atoms with van der Waals surface area (Å²) in [7, 11) is 0. The van der Waals surface area contributed by atoms with Crippen LogP contribution in [-0.4, -0.2) is 5.91 Å². The van der Waals surface area contributed by atoms with Gasteiger partial charge in [-0.25, -0.2) is 4.39 Å². The lowest BCUT2D eigenvalue weighted by molar-refractivity contribution is 0.0951. The van der Waals surface area contributed by atoms with Crippen molar-refractivity contribution in [2.24, 2.45) is 0 Å². The van der Waals surface area contributed by atoms with Gasteiger partial charge in [-0.2, -0.15) is 0 Å². The van der Waals surface area contributed by atoms with Gasteiger partial charge in [-0.15, -0.1) is 0 Å². The fourth-order valence-electron chi connectivity index (χ4n) is 1.67. The molecule has 0 spiro atoms. The predicted octanol–water partition coefficient (Wildman–Crippen LogP) is 3.75. The van der Waals surface area contributed by atoms with Gasteiger partial charge in [-0.05, 0) is 42.0 Å². The van der Waals surface area contributed by atoms with Crippen molar-refractivity contribution >= 4 is 39.1 Å². The van der Waals surface area contributed by atoms with Gasteiger partial charge in [0.25, 0.3) is 5.91 Å². The fraction of sp³-hybridized carbons (Fsp3) is 0.0714. The van der Waals surface area contributed by atoms with Crippen molar-refractivity contribution in [3.05, 3.63) is 62.8 Å². The Labute approximate surface area is 129 Å². The second-order valence-electron chi connectivity index (χ2n) is 4.16. The van der Waals surface area contributed by atoms with Crippen molar-refractivity contribution in [1.82, 2.24) is 5.32 Å². The number of halogens is 3. The summed E-state index contributed by atoms with van der Waals surface area (Å²) in [6, 6.07) is 8.95. The monoisotopic (exact) mass is 356 g/mol. The summed E-state index contributed by atoms with van der Waals surface area (Å²) in [5.74, 6) is -0.724. The van der Waals surface area contributed by atoms with Crippen molar-refractivity contribution in [2.75, 3.05) is 5.73 Å². The summed E-state index contributed by atoms with van der Waals surface area (Å²) in [6.45, 7) is 0.183. The number of hydrogen-bond acceptors (Lipinski definition) is 2. The third-order valence-electron chi connectivity index (χ3n) is 2.68. The van der Waals surface area contributed by atoms with Crippen molar-refractivity contribution in [1.29, 1.82) is 0 Å². The third kappa shape index (κ3) is 3.49. The Morgan fingerprint density at radius 2 is 2.05 bits per heavy atom. The first-order valence-electron chi connectivity index (χ1n) is 5.74. The Balaban J connectivity index is 2.12. The highest BCUT2D eigenvalue weighted by atomic mass is 79.9. The molecular formula is C14H11BrClFN2O. The fourth-order valence-corrected chi connectivity index (χ4v) is 2.26. The largest absolute Gasteiger partial charge is 0.399 e. The van der Waals surface area contributed by atoms with E-state index in [1.807, 2.05) is 0 Å². The minimum atomic E-state index is -0.363. The van der Waals surface area contributed by atoms with E-state index >= 15 is 0 Å². The number of hydrogen-bond donors (Lipinski definition) is 2. The average molecular weight is 358 g/mol. The molecule has 0 saturated heterocycles. The molecule has 0 aliphatic heterocycles. The molecule has 3 N–H and O–H groups in total. The molecule has 0 bridgehead atoms.